The van der Waals surface area contributed by atoms with Crippen LogP contribution >= 0.6 is 0 Å². The zero-order valence-corrected chi connectivity index (χ0v) is 34.8. The van der Waals surface area contributed by atoms with E-state index in [1.807, 2.05) is 26.0 Å². The summed E-state index contributed by atoms with van der Waals surface area (Å²) in [5.74, 6) is -0.0673. The Morgan fingerprint density at radius 2 is 1.00 bits per heavy atom. The molecule has 6 atom stereocenters. The van der Waals surface area contributed by atoms with Gasteiger partial charge in [0.25, 0.3) is 0 Å². The Balaban J connectivity index is 0.000000180. The van der Waals surface area contributed by atoms with Crippen LogP contribution in [-0.4, -0.2) is 99.2 Å². The second-order valence-corrected chi connectivity index (χ2v) is 16.4. The molecule has 3 aliphatic heterocycles. The quantitative estimate of drug-likeness (QED) is 0.158. The van der Waals surface area contributed by atoms with E-state index in [2.05, 4.69) is 29.6 Å². The molecule has 4 fully saturated rings. The molecule has 0 spiro atoms. The van der Waals surface area contributed by atoms with Gasteiger partial charge in [0, 0.05) is 19.0 Å². The molecule has 3 aliphatic carbocycles. The van der Waals surface area contributed by atoms with E-state index in [0.717, 1.165) is 41.7 Å². The number of nitrogens with one attached hydrogen (secondary N) is 1. The van der Waals surface area contributed by atoms with Gasteiger partial charge in [0.2, 0.25) is 0 Å². The molecular weight excluding hydrogens is 836 g/mol. The normalized spacial score (nSPS) is 22.3. The molecule has 0 radical (unpaired) electrons. The van der Waals surface area contributed by atoms with Gasteiger partial charge < -0.3 is 44.0 Å². The van der Waals surface area contributed by atoms with Crippen LogP contribution < -0.4 is 24.3 Å². The molecule has 6 aliphatic rings. The first kappa shape index (κ1) is 48.1. The van der Waals surface area contributed by atoms with E-state index in [-0.39, 0.29) is 47.8 Å². The van der Waals surface area contributed by atoms with E-state index >= 15 is 0 Å². The summed E-state index contributed by atoms with van der Waals surface area (Å²) in [4.78, 5) is 41.9. The molecule has 2 unspecified atom stereocenters. The maximum Gasteiger partial charge on any atom is 0.490 e. The van der Waals surface area contributed by atoms with Gasteiger partial charge in [-0.1, -0.05) is 32.4 Å². The first-order valence-electron chi connectivity index (χ1n) is 20.6. The summed E-state index contributed by atoms with van der Waals surface area (Å²) < 4.78 is 97.7. The summed E-state index contributed by atoms with van der Waals surface area (Å²) in [5, 5.41) is 17.5. The number of carboxylic acids is 2. The fraction of sp³-hybridized carbons (Fsp3) is 0.628. The fourth-order valence-corrected chi connectivity index (χ4v) is 7.99. The van der Waals surface area contributed by atoms with Crippen LogP contribution in [0.3, 0.4) is 0 Å². The van der Waals surface area contributed by atoms with Crippen molar-refractivity contribution in [2.24, 2.45) is 35.5 Å². The summed E-state index contributed by atoms with van der Waals surface area (Å²) in [6.07, 6.45) is -1.35. The van der Waals surface area contributed by atoms with Crippen molar-refractivity contribution < 1.29 is 84.2 Å². The number of carbonyl (C=O) groups excluding carboxylic acids is 2. The van der Waals surface area contributed by atoms with Crippen LogP contribution in [0, 0.1) is 35.5 Å². The number of carboxylic acid groups (broad SMARTS) is 2. The second kappa shape index (κ2) is 20.5. The lowest BCUT2D eigenvalue weighted by Crippen LogP contribution is -2.53. The number of hydrogen-bond acceptors (Lipinski definition) is 11. The largest absolute Gasteiger partial charge is 0.490 e. The van der Waals surface area contributed by atoms with Crippen LogP contribution in [0.2, 0.25) is 0 Å². The van der Waals surface area contributed by atoms with Crippen LogP contribution in [0.25, 0.3) is 0 Å². The highest BCUT2D eigenvalue weighted by molar-refractivity contribution is 5.74. The van der Waals surface area contributed by atoms with Crippen molar-refractivity contribution in [3.63, 3.8) is 0 Å². The van der Waals surface area contributed by atoms with Gasteiger partial charge in [-0.3, -0.25) is 9.59 Å². The molecule has 0 amide bonds. The van der Waals surface area contributed by atoms with Gasteiger partial charge in [-0.15, -0.1) is 0 Å². The Kier molecular flexibility index (Phi) is 15.9. The highest BCUT2D eigenvalue weighted by atomic mass is 19.4. The highest BCUT2D eigenvalue weighted by Gasteiger charge is 2.43. The number of fused-ring (bicyclic) bond motifs is 2. The van der Waals surface area contributed by atoms with Crippen molar-refractivity contribution in [2.45, 2.75) is 95.2 Å². The fourth-order valence-electron chi connectivity index (χ4n) is 7.99. The van der Waals surface area contributed by atoms with E-state index in [9.17, 15) is 35.9 Å². The van der Waals surface area contributed by atoms with Gasteiger partial charge in [-0.05, 0) is 104 Å². The van der Waals surface area contributed by atoms with Crippen molar-refractivity contribution in [1.82, 2.24) is 5.32 Å². The molecule has 62 heavy (non-hydrogen) atoms. The highest BCUT2D eigenvalue weighted by Crippen LogP contribution is 2.50. The predicted molar refractivity (Wildman–Crippen MR) is 207 cm³/mol. The number of methoxy groups -OCH3 is 2. The molecule has 2 aromatic rings. The van der Waals surface area contributed by atoms with Crippen molar-refractivity contribution in [1.29, 1.82) is 0 Å². The number of halogens is 6. The number of benzene rings is 2. The maximum absolute atomic E-state index is 12.1. The molecular formula is C43H53F6NO12. The van der Waals surface area contributed by atoms with E-state index in [1.165, 1.54) is 64.7 Å². The smallest absolute Gasteiger partial charge is 0.486 e. The Hall–Kier alpha value is -4.94. The summed E-state index contributed by atoms with van der Waals surface area (Å²) in [5.41, 5.74) is 2.33. The van der Waals surface area contributed by atoms with Crippen molar-refractivity contribution in [2.75, 3.05) is 40.5 Å². The molecule has 3 heterocycles. The van der Waals surface area contributed by atoms with Gasteiger partial charge in [-0.25, -0.2) is 9.59 Å². The van der Waals surface area contributed by atoms with Crippen molar-refractivity contribution >= 4 is 23.9 Å². The minimum atomic E-state index is -5.08. The Morgan fingerprint density at radius 1 is 0.629 bits per heavy atom. The van der Waals surface area contributed by atoms with Crippen LogP contribution in [0.4, 0.5) is 26.3 Å². The predicted octanol–water partition coefficient (Wildman–Crippen LogP) is 7.54. The maximum atomic E-state index is 12.1. The molecule has 0 bridgehead atoms. The topological polar surface area (TPSA) is 176 Å². The lowest BCUT2D eigenvalue weighted by molar-refractivity contribution is -0.193. The molecule has 344 valence electrons. The summed E-state index contributed by atoms with van der Waals surface area (Å²) in [6.45, 7) is 7.20. The zero-order chi connectivity index (χ0) is 45.5. The third-order valence-corrected chi connectivity index (χ3v) is 12.1. The summed E-state index contributed by atoms with van der Waals surface area (Å²) in [7, 11) is 2.93. The Labute approximate surface area is 354 Å². The standard InChI is InChI=1S/C20H26O4.C19H25NO4.2C2HF3O2/c1-12(20(21)22-2)19(14-6-7-14)15-8-9-16-17(10-15)24-18(11-23-16)13-4-3-5-13;1-11(19(21)22-2)18(12-3-4-12)13-5-6-15-16(7-13)24-17(10-23-15)14-8-20-9-14;2*3-2(4,5)1(6)7/h8-10,12-14,18-19H,3-7,11H2,1-2H3;5-7,11-12,14,17-18,20H,3-4,8-10H2,1-2H3;2*(H,6,7)/t12-,18?,19-;11-,17?,18-;;/m00../s1. The molecule has 19 heteroatoms. The van der Waals surface area contributed by atoms with Gasteiger partial charge in [-0.2, -0.15) is 26.3 Å². The van der Waals surface area contributed by atoms with E-state index in [4.69, 9.17) is 48.2 Å². The zero-order valence-electron chi connectivity index (χ0n) is 34.8. The number of carbonyl (C=O) groups is 4. The lowest BCUT2D eigenvalue weighted by Gasteiger charge is -2.37. The first-order valence-corrected chi connectivity index (χ1v) is 20.6. The van der Waals surface area contributed by atoms with Crippen LogP contribution in [0.15, 0.2) is 36.4 Å². The van der Waals surface area contributed by atoms with E-state index < -0.39 is 24.3 Å². The van der Waals surface area contributed by atoms with Gasteiger partial charge in [0.15, 0.2) is 23.0 Å². The average Bonchev–Trinajstić information content (AvgIpc) is 4.13. The van der Waals surface area contributed by atoms with Crippen LogP contribution in [0.5, 0.6) is 23.0 Å². The third-order valence-electron chi connectivity index (χ3n) is 12.1. The van der Waals surface area contributed by atoms with Gasteiger partial charge in [0.05, 0.1) is 26.1 Å². The molecule has 2 aromatic carbocycles. The number of ether oxygens (including phenoxy) is 6. The molecule has 13 nitrogen and oxygen atoms in total. The Bertz CT molecular complexity index is 1740. The first-order chi connectivity index (χ1) is 29.2. The summed E-state index contributed by atoms with van der Waals surface area (Å²) in [6, 6.07) is 12.3. The van der Waals surface area contributed by atoms with Crippen molar-refractivity contribution in [3.05, 3.63) is 47.5 Å². The van der Waals surface area contributed by atoms with E-state index in [0.29, 0.717) is 36.9 Å². The minimum Gasteiger partial charge on any atom is -0.486 e. The third kappa shape index (κ3) is 12.6. The summed E-state index contributed by atoms with van der Waals surface area (Å²) >= 11 is 0. The average molecular weight is 890 g/mol. The SMILES string of the molecule is COC(=O)[C@@H](C)[C@H](c1ccc2c(c1)OC(C1CCC1)CO2)C1CC1.COC(=O)[C@@H](C)[C@H](c1ccc2c(c1)OC(C1CNC1)CO2)C1CC1.O=C(O)C(F)(F)F.O=C(O)C(F)(F)F. The second-order valence-electron chi connectivity index (χ2n) is 16.4. The molecule has 0 aromatic heterocycles. The number of aliphatic carboxylic acids is 2. The number of esters is 2. The van der Waals surface area contributed by atoms with Gasteiger partial charge in [0.1, 0.15) is 25.4 Å². The van der Waals surface area contributed by atoms with Crippen LogP contribution in [-0.2, 0) is 28.7 Å². The van der Waals surface area contributed by atoms with Crippen molar-refractivity contribution in [3.8, 4) is 23.0 Å². The number of alkyl halides is 6. The molecule has 1 saturated heterocycles. The molecule has 3 N–H and O–H groups in total. The molecule has 8 rings (SSSR count). The monoisotopic (exact) mass is 889 g/mol. The molecule has 3 saturated carbocycles. The Morgan fingerprint density at radius 3 is 1.27 bits per heavy atom. The minimum absolute atomic E-state index is 0.117. The van der Waals surface area contributed by atoms with E-state index in [1.54, 1.807) is 0 Å². The number of rotatable bonds is 10. The lowest BCUT2D eigenvalue weighted by atomic mass is 9.81. The number of hydrogen-bond donors (Lipinski definition) is 3. The van der Waals surface area contributed by atoms with Crippen LogP contribution in [0.1, 0.15) is 81.8 Å². The van der Waals surface area contributed by atoms with Gasteiger partial charge >= 0.3 is 36.2 Å².